The number of nitrogens with one attached hydrogen (secondary N) is 1. The summed E-state index contributed by atoms with van der Waals surface area (Å²) in [6.45, 7) is 2.45. The first-order valence-electron chi connectivity index (χ1n) is 8.64. The van der Waals surface area contributed by atoms with Crippen LogP contribution in [0.25, 0.3) is 11.1 Å². The molecule has 5 nitrogen and oxygen atoms in total. The molecule has 1 aliphatic heterocycles. The lowest BCUT2D eigenvalue weighted by Gasteiger charge is -2.26. The number of ether oxygens (including phenoxy) is 1. The highest BCUT2D eigenvalue weighted by Crippen LogP contribution is 2.24. The first-order valence-corrected chi connectivity index (χ1v) is 8.64. The van der Waals surface area contributed by atoms with Crippen LogP contribution in [-0.2, 0) is 9.53 Å². The molecule has 136 valence electrons. The van der Waals surface area contributed by atoms with Crippen LogP contribution in [0.3, 0.4) is 0 Å². The molecule has 1 saturated heterocycles. The van der Waals surface area contributed by atoms with Gasteiger partial charge in [0.25, 0.3) is 5.91 Å². The van der Waals surface area contributed by atoms with Gasteiger partial charge < -0.3 is 15.0 Å². The molecular formula is C20H21FN2O3. The summed E-state index contributed by atoms with van der Waals surface area (Å²) in [7, 11) is 0. The standard InChI is InChI=1S/C20H21FN2O3/c21-16-6-7-17(15-4-2-1-3-5-15)18(14-16)20(25)22-9-8-19(24)23-10-12-26-13-11-23/h1-7,14H,8-13H2,(H,22,25). The van der Waals surface area contributed by atoms with Gasteiger partial charge in [0.05, 0.1) is 18.8 Å². The van der Waals surface area contributed by atoms with E-state index in [1.54, 1.807) is 11.0 Å². The third kappa shape index (κ3) is 4.46. The zero-order valence-electron chi connectivity index (χ0n) is 14.4. The van der Waals surface area contributed by atoms with E-state index < -0.39 is 11.7 Å². The Morgan fingerprint density at radius 3 is 2.54 bits per heavy atom. The summed E-state index contributed by atoms with van der Waals surface area (Å²) < 4.78 is 18.9. The fourth-order valence-electron chi connectivity index (χ4n) is 2.92. The Balaban J connectivity index is 1.64. The highest BCUT2D eigenvalue weighted by atomic mass is 19.1. The van der Waals surface area contributed by atoms with Gasteiger partial charge in [-0.05, 0) is 23.3 Å². The van der Waals surface area contributed by atoms with Crippen LogP contribution in [0.2, 0.25) is 0 Å². The van der Waals surface area contributed by atoms with Crippen molar-refractivity contribution in [3.63, 3.8) is 0 Å². The summed E-state index contributed by atoms with van der Waals surface area (Å²) in [6, 6.07) is 13.5. The van der Waals surface area contributed by atoms with Gasteiger partial charge in [-0.2, -0.15) is 0 Å². The van der Waals surface area contributed by atoms with Crippen molar-refractivity contribution in [1.82, 2.24) is 10.2 Å². The first kappa shape index (κ1) is 18.1. The molecule has 1 N–H and O–H groups in total. The largest absolute Gasteiger partial charge is 0.378 e. The molecule has 0 bridgehead atoms. The number of benzene rings is 2. The number of morpholine rings is 1. The van der Waals surface area contributed by atoms with Crippen molar-refractivity contribution in [3.05, 3.63) is 59.9 Å². The smallest absolute Gasteiger partial charge is 0.252 e. The molecule has 0 aliphatic carbocycles. The van der Waals surface area contributed by atoms with Crippen LogP contribution in [0.5, 0.6) is 0 Å². The highest BCUT2D eigenvalue weighted by molar-refractivity contribution is 6.01. The molecule has 6 heteroatoms. The molecule has 2 amide bonds. The van der Waals surface area contributed by atoms with Gasteiger partial charge in [-0.25, -0.2) is 4.39 Å². The fourth-order valence-corrected chi connectivity index (χ4v) is 2.92. The molecule has 0 radical (unpaired) electrons. The van der Waals surface area contributed by atoms with Gasteiger partial charge in [0, 0.05) is 26.1 Å². The minimum absolute atomic E-state index is 0.0175. The highest BCUT2D eigenvalue weighted by Gasteiger charge is 2.18. The Morgan fingerprint density at radius 2 is 1.81 bits per heavy atom. The van der Waals surface area contributed by atoms with Crippen LogP contribution in [0, 0.1) is 5.82 Å². The maximum Gasteiger partial charge on any atom is 0.252 e. The van der Waals surface area contributed by atoms with Crippen molar-refractivity contribution >= 4 is 11.8 Å². The van der Waals surface area contributed by atoms with E-state index in [1.165, 1.54) is 12.1 Å². The van der Waals surface area contributed by atoms with Gasteiger partial charge in [0.2, 0.25) is 5.91 Å². The summed E-state index contributed by atoms with van der Waals surface area (Å²) in [5.74, 6) is -0.881. The van der Waals surface area contributed by atoms with Crippen LogP contribution < -0.4 is 5.32 Å². The molecule has 0 saturated carbocycles. The zero-order valence-corrected chi connectivity index (χ0v) is 14.4. The van der Waals surface area contributed by atoms with Crippen LogP contribution >= 0.6 is 0 Å². The number of rotatable bonds is 5. The molecular weight excluding hydrogens is 335 g/mol. The summed E-state index contributed by atoms with van der Waals surface area (Å²) in [6.07, 6.45) is 0.210. The molecule has 1 aliphatic rings. The second kappa shape index (κ2) is 8.58. The minimum Gasteiger partial charge on any atom is -0.378 e. The van der Waals surface area contributed by atoms with Crippen molar-refractivity contribution in [2.24, 2.45) is 0 Å². The van der Waals surface area contributed by atoms with Crippen LogP contribution in [-0.4, -0.2) is 49.6 Å². The molecule has 0 spiro atoms. The lowest BCUT2D eigenvalue weighted by Crippen LogP contribution is -2.42. The van der Waals surface area contributed by atoms with Crippen molar-refractivity contribution in [3.8, 4) is 11.1 Å². The monoisotopic (exact) mass is 356 g/mol. The fraction of sp³-hybridized carbons (Fsp3) is 0.300. The van der Waals surface area contributed by atoms with E-state index in [2.05, 4.69) is 5.32 Å². The number of carbonyl (C=O) groups is 2. The number of amides is 2. The number of nitrogens with zero attached hydrogens (tertiary/aromatic N) is 1. The Bertz CT molecular complexity index is 774. The summed E-state index contributed by atoms with van der Waals surface area (Å²) in [4.78, 5) is 26.4. The number of hydrogen-bond acceptors (Lipinski definition) is 3. The van der Waals surface area contributed by atoms with E-state index in [-0.39, 0.29) is 24.4 Å². The molecule has 2 aromatic rings. The zero-order chi connectivity index (χ0) is 18.4. The van der Waals surface area contributed by atoms with Crippen molar-refractivity contribution in [1.29, 1.82) is 0 Å². The summed E-state index contributed by atoms with van der Waals surface area (Å²) in [5.41, 5.74) is 1.75. The molecule has 2 aromatic carbocycles. The lowest BCUT2D eigenvalue weighted by atomic mass is 9.99. The van der Waals surface area contributed by atoms with Crippen molar-refractivity contribution in [2.75, 3.05) is 32.8 Å². The number of carbonyl (C=O) groups excluding carboxylic acids is 2. The second-order valence-electron chi connectivity index (χ2n) is 6.05. The Morgan fingerprint density at radius 1 is 1.08 bits per heavy atom. The molecule has 1 fully saturated rings. The van der Waals surface area contributed by atoms with Crippen LogP contribution in [0.15, 0.2) is 48.5 Å². The average Bonchev–Trinajstić information content (AvgIpc) is 2.69. The molecule has 1 heterocycles. The molecule has 3 rings (SSSR count). The van der Waals surface area contributed by atoms with Gasteiger partial charge in [-0.1, -0.05) is 36.4 Å². The summed E-state index contributed by atoms with van der Waals surface area (Å²) >= 11 is 0. The van der Waals surface area contributed by atoms with Gasteiger partial charge in [0.15, 0.2) is 0 Å². The number of halogens is 1. The topological polar surface area (TPSA) is 58.6 Å². The second-order valence-corrected chi connectivity index (χ2v) is 6.05. The maximum atomic E-state index is 13.7. The van der Waals surface area contributed by atoms with Gasteiger partial charge in [0.1, 0.15) is 5.82 Å². The maximum absolute atomic E-state index is 13.7. The number of hydrogen-bond donors (Lipinski definition) is 1. The third-order valence-electron chi connectivity index (χ3n) is 4.30. The third-order valence-corrected chi connectivity index (χ3v) is 4.30. The van der Waals surface area contributed by atoms with Gasteiger partial charge in [-0.3, -0.25) is 9.59 Å². The molecule has 0 unspecified atom stereocenters. The Hall–Kier alpha value is -2.73. The SMILES string of the molecule is O=C(NCCC(=O)N1CCOCC1)c1cc(F)ccc1-c1ccccc1. The van der Waals surface area contributed by atoms with E-state index in [0.29, 0.717) is 31.9 Å². The average molecular weight is 356 g/mol. The Labute approximate surface area is 151 Å². The van der Waals surface area contributed by atoms with Crippen LogP contribution in [0.4, 0.5) is 4.39 Å². The van der Waals surface area contributed by atoms with Crippen molar-refractivity contribution in [2.45, 2.75) is 6.42 Å². The quantitative estimate of drug-likeness (QED) is 0.895. The first-order chi connectivity index (χ1) is 12.6. The van der Waals surface area contributed by atoms with E-state index in [0.717, 1.165) is 5.56 Å². The normalized spacial score (nSPS) is 14.1. The van der Waals surface area contributed by atoms with Gasteiger partial charge in [-0.15, -0.1) is 0 Å². The van der Waals surface area contributed by atoms with Crippen LogP contribution in [0.1, 0.15) is 16.8 Å². The van der Waals surface area contributed by atoms with E-state index in [1.807, 2.05) is 30.3 Å². The molecule has 0 aromatic heterocycles. The predicted octanol–water partition coefficient (Wildman–Crippen LogP) is 2.47. The van der Waals surface area contributed by atoms with Gasteiger partial charge >= 0.3 is 0 Å². The van der Waals surface area contributed by atoms with E-state index >= 15 is 0 Å². The molecule has 26 heavy (non-hydrogen) atoms. The predicted molar refractivity (Wildman–Crippen MR) is 96.2 cm³/mol. The Kier molecular flexibility index (Phi) is 5.96. The molecule has 0 atom stereocenters. The lowest BCUT2D eigenvalue weighted by molar-refractivity contribution is -0.135. The minimum atomic E-state index is -0.473. The van der Waals surface area contributed by atoms with E-state index in [9.17, 15) is 14.0 Å². The summed E-state index contributed by atoms with van der Waals surface area (Å²) in [5, 5.41) is 2.72. The van der Waals surface area contributed by atoms with Crippen molar-refractivity contribution < 1.29 is 18.7 Å². The van der Waals surface area contributed by atoms with E-state index in [4.69, 9.17) is 4.74 Å².